The molecule has 0 bridgehead atoms. The van der Waals surface area contributed by atoms with Gasteiger partial charge in [0, 0.05) is 12.3 Å². The zero-order valence-corrected chi connectivity index (χ0v) is 11.5. The Morgan fingerprint density at radius 3 is 2.95 bits per heavy atom. The Kier molecular flexibility index (Phi) is 6.62. The number of nitrogens with one attached hydrogen (secondary N) is 1. The average molecular weight is 260 g/mol. The molecule has 4 nitrogen and oxygen atoms in total. The zero-order chi connectivity index (χ0) is 14.1. The molecule has 1 amide bonds. The second kappa shape index (κ2) is 8.28. The van der Waals surface area contributed by atoms with Gasteiger partial charge in [-0.05, 0) is 37.0 Å². The molecule has 0 radical (unpaired) electrons. The molecule has 1 aromatic rings. The van der Waals surface area contributed by atoms with Gasteiger partial charge in [-0.2, -0.15) is 5.26 Å². The third-order valence-electron chi connectivity index (χ3n) is 2.58. The van der Waals surface area contributed by atoms with E-state index in [4.69, 9.17) is 10.00 Å². The second-order valence-electron chi connectivity index (χ2n) is 4.83. The maximum absolute atomic E-state index is 11.6. The summed E-state index contributed by atoms with van der Waals surface area (Å²) in [6, 6.07) is 8.84. The van der Waals surface area contributed by atoms with Gasteiger partial charge in [0.2, 0.25) is 5.91 Å². The largest absolute Gasteiger partial charge is 0.372 e. The molecule has 0 heterocycles. The van der Waals surface area contributed by atoms with E-state index in [2.05, 4.69) is 19.2 Å². The van der Waals surface area contributed by atoms with Crippen LogP contribution in [-0.4, -0.2) is 19.1 Å². The fourth-order valence-corrected chi connectivity index (χ4v) is 1.62. The van der Waals surface area contributed by atoms with E-state index in [1.165, 1.54) is 0 Å². The maximum Gasteiger partial charge on any atom is 0.250 e. The third kappa shape index (κ3) is 6.58. The lowest BCUT2D eigenvalue weighted by atomic mass is 10.1. The van der Waals surface area contributed by atoms with Crippen LogP contribution < -0.4 is 5.32 Å². The van der Waals surface area contributed by atoms with E-state index in [1.807, 2.05) is 6.07 Å². The lowest BCUT2D eigenvalue weighted by Crippen LogP contribution is -2.18. The third-order valence-corrected chi connectivity index (χ3v) is 2.58. The van der Waals surface area contributed by atoms with Crippen LogP contribution in [0.2, 0.25) is 0 Å². The van der Waals surface area contributed by atoms with Crippen LogP contribution in [0.25, 0.3) is 0 Å². The molecule has 0 atom stereocenters. The van der Waals surface area contributed by atoms with Gasteiger partial charge in [0.1, 0.15) is 6.61 Å². The van der Waals surface area contributed by atoms with E-state index < -0.39 is 0 Å². The molecule has 0 aliphatic carbocycles. The first-order valence-corrected chi connectivity index (χ1v) is 6.49. The molecule has 1 aromatic carbocycles. The van der Waals surface area contributed by atoms with Crippen molar-refractivity contribution in [2.24, 2.45) is 5.92 Å². The lowest BCUT2D eigenvalue weighted by Gasteiger charge is -2.07. The molecule has 0 fully saturated rings. The molecular weight excluding hydrogens is 240 g/mol. The van der Waals surface area contributed by atoms with Gasteiger partial charge in [0.25, 0.3) is 0 Å². The Bertz CT molecular complexity index is 450. The van der Waals surface area contributed by atoms with Gasteiger partial charge in [-0.1, -0.05) is 19.9 Å². The standard InChI is InChI=1S/C15H20N2O2/c1-12(2)5-4-8-19-11-15(18)17-14-7-3-6-13(9-14)10-16/h3,6-7,9,12H,4-5,8,11H2,1-2H3,(H,17,18). The molecule has 0 aliphatic rings. The molecule has 0 saturated heterocycles. The predicted octanol–water partition coefficient (Wildman–Crippen LogP) is 2.95. The molecule has 1 N–H and O–H groups in total. The minimum Gasteiger partial charge on any atom is -0.372 e. The summed E-state index contributed by atoms with van der Waals surface area (Å²) in [7, 11) is 0. The van der Waals surface area contributed by atoms with Crippen LogP contribution in [0.5, 0.6) is 0 Å². The number of carbonyl (C=O) groups excluding carboxylic acids is 1. The summed E-state index contributed by atoms with van der Waals surface area (Å²) < 4.78 is 5.30. The van der Waals surface area contributed by atoms with Gasteiger partial charge in [-0.3, -0.25) is 4.79 Å². The van der Waals surface area contributed by atoms with Crippen molar-refractivity contribution in [2.45, 2.75) is 26.7 Å². The summed E-state index contributed by atoms with van der Waals surface area (Å²) in [6.45, 7) is 4.97. The highest BCUT2D eigenvalue weighted by atomic mass is 16.5. The average Bonchev–Trinajstić information content (AvgIpc) is 2.38. The van der Waals surface area contributed by atoms with Gasteiger partial charge in [-0.25, -0.2) is 0 Å². The summed E-state index contributed by atoms with van der Waals surface area (Å²) >= 11 is 0. The Hall–Kier alpha value is -1.86. The van der Waals surface area contributed by atoms with Crippen molar-refractivity contribution in [1.82, 2.24) is 0 Å². The van der Waals surface area contributed by atoms with E-state index in [9.17, 15) is 4.79 Å². The molecule has 102 valence electrons. The van der Waals surface area contributed by atoms with Crippen LogP contribution in [0.15, 0.2) is 24.3 Å². The summed E-state index contributed by atoms with van der Waals surface area (Å²) in [6.07, 6.45) is 2.07. The monoisotopic (exact) mass is 260 g/mol. The van der Waals surface area contributed by atoms with Crippen molar-refractivity contribution < 1.29 is 9.53 Å². The van der Waals surface area contributed by atoms with Gasteiger partial charge < -0.3 is 10.1 Å². The number of carbonyl (C=O) groups is 1. The zero-order valence-electron chi connectivity index (χ0n) is 11.5. The number of benzene rings is 1. The van der Waals surface area contributed by atoms with Gasteiger partial charge in [0.15, 0.2) is 0 Å². The molecule has 0 saturated carbocycles. The van der Waals surface area contributed by atoms with Gasteiger partial charge in [-0.15, -0.1) is 0 Å². The molecule has 1 rings (SSSR count). The van der Waals surface area contributed by atoms with E-state index in [0.29, 0.717) is 23.8 Å². The maximum atomic E-state index is 11.6. The number of hydrogen-bond acceptors (Lipinski definition) is 3. The topological polar surface area (TPSA) is 62.1 Å². The number of hydrogen-bond donors (Lipinski definition) is 1. The lowest BCUT2D eigenvalue weighted by molar-refractivity contribution is -0.120. The summed E-state index contributed by atoms with van der Waals surface area (Å²) in [5, 5.41) is 11.5. The summed E-state index contributed by atoms with van der Waals surface area (Å²) in [5.74, 6) is 0.464. The van der Waals surface area contributed by atoms with Crippen LogP contribution >= 0.6 is 0 Å². The highest BCUT2D eigenvalue weighted by Gasteiger charge is 2.03. The summed E-state index contributed by atoms with van der Waals surface area (Å²) in [4.78, 5) is 11.6. The SMILES string of the molecule is CC(C)CCCOCC(=O)Nc1cccc(C#N)c1. The number of nitriles is 1. The Morgan fingerprint density at radius 1 is 1.47 bits per heavy atom. The van der Waals surface area contributed by atoms with Crippen LogP contribution in [0.4, 0.5) is 5.69 Å². The number of anilines is 1. The van der Waals surface area contributed by atoms with Crippen molar-refractivity contribution in [2.75, 3.05) is 18.5 Å². The minimum absolute atomic E-state index is 0.0505. The molecule has 4 heteroatoms. The molecular formula is C15H20N2O2. The van der Waals surface area contributed by atoms with Crippen molar-refractivity contribution in [3.63, 3.8) is 0 Å². The number of rotatable bonds is 7. The Labute approximate surface area is 114 Å². The van der Waals surface area contributed by atoms with Crippen molar-refractivity contribution in [1.29, 1.82) is 5.26 Å². The summed E-state index contributed by atoms with van der Waals surface area (Å²) in [5.41, 5.74) is 1.14. The molecule has 0 aromatic heterocycles. The van der Waals surface area contributed by atoms with E-state index in [1.54, 1.807) is 24.3 Å². The fourth-order valence-electron chi connectivity index (χ4n) is 1.62. The normalized spacial score (nSPS) is 10.2. The predicted molar refractivity (Wildman–Crippen MR) is 74.7 cm³/mol. The van der Waals surface area contributed by atoms with Gasteiger partial charge >= 0.3 is 0 Å². The highest BCUT2D eigenvalue weighted by Crippen LogP contribution is 2.09. The first-order valence-electron chi connectivity index (χ1n) is 6.49. The molecule has 0 unspecified atom stereocenters. The Balaban J connectivity index is 2.25. The van der Waals surface area contributed by atoms with Crippen molar-refractivity contribution >= 4 is 11.6 Å². The van der Waals surface area contributed by atoms with E-state index in [-0.39, 0.29) is 12.5 Å². The minimum atomic E-state index is -0.195. The second-order valence-corrected chi connectivity index (χ2v) is 4.83. The van der Waals surface area contributed by atoms with Gasteiger partial charge in [0.05, 0.1) is 11.6 Å². The molecule has 0 aliphatic heterocycles. The highest BCUT2D eigenvalue weighted by molar-refractivity contribution is 5.91. The van der Waals surface area contributed by atoms with Crippen LogP contribution in [0.3, 0.4) is 0 Å². The quantitative estimate of drug-likeness (QED) is 0.767. The van der Waals surface area contributed by atoms with Crippen LogP contribution in [0, 0.1) is 17.2 Å². The first kappa shape index (κ1) is 15.2. The van der Waals surface area contributed by atoms with Crippen molar-refractivity contribution in [3.8, 4) is 6.07 Å². The van der Waals surface area contributed by atoms with Crippen molar-refractivity contribution in [3.05, 3.63) is 29.8 Å². The van der Waals surface area contributed by atoms with E-state index in [0.717, 1.165) is 12.8 Å². The molecule has 19 heavy (non-hydrogen) atoms. The van der Waals surface area contributed by atoms with E-state index >= 15 is 0 Å². The van der Waals surface area contributed by atoms with Crippen LogP contribution in [-0.2, 0) is 9.53 Å². The first-order chi connectivity index (χ1) is 9.11. The Morgan fingerprint density at radius 2 is 2.26 bits per heavy atom. The number of nitrogens with zero attached hydrogens (tertiary/aromatic N) is 1. The number of amides is 1. The van der Waals surface area contributed by atoms with Crippen LogP contribution in [0.1, 0.15) is 32.3 Å². The smallest absolute Gasteiger partial charge is 0.250 e. The number of ether oxygens (including phenoxy) is 1. The molecule has 0 spiro atoms. The fraction of sp³-hybridized carbons (Fsp3) is 0.467.